The Labute approximate surface area is 114 Å². The zero-order chi connectivity index (χ0) is 13.9. The van der Waals surface area contributed by atoms with Crippen molar-refractivity contribution in [3.8, 4) is 0 Å². The molecule has 1 fully saturated rings. The highest BCUT2D eigenvalue weighted by Gasteiger charge is 2.43. The molecule has 0 radical (unpaired) electrons. The Kier molecular flexibility index (Phi) is 4.09. The van der Waals surface area contributed by atoms with Gasteiger partial charge in [-0.1, -0.05) is 18.2 Å². The van der Waals surface area contributed by atoms with Crippen LogP contribution in [0.1, 0.15) is 12.0 Å². The lowest BCUT2D eigenvalue weighted by molar-refractivity contribution is -0.146. The number of rotatable bonds is 4. The molecule has 1 aromatic carbocycles. The molecule has 1 aromatic rings. The van der Waals surface area contributed by atoms with Gasteiger partial charge in [0, 0.05) is 5.75 Å². The van der Waals surface area contributed by atoms with Crippen molar-refractivity contribution in [2.24, 2.45) is 0 Å². The second-order valence-corrected chi connectivity index (χ2v) is 5.61. The number of carboxylic acids is 1. The molecule has 1 heterocycles. The predicted molar refractivity (Wildman–Crippen MR) is 70.6 cm³/mol. The number of benzene rings is 1. The zero-order valence-corrected chi connectivity index (χ0v) is 11.0. The summed E-state index contributed by atoms with van der Waals surface area (Å²) in [5.41, 5.74) is -0.932. The third-order valence-electron chi connectivity index (χ3n) is 3.12. The molecule has 2 rings (SSSR count). The van der Waals surface area contributed by atoms with Gasteiger partial charge in [-0.2, -0.15) is 11.8 Å². The van der Waals surface area contributed by atoms with Crippen molar-refractivity contribution in [3.05, 3.63) is 35.6 Å². The largest absolute Gasteiger partial charge is 0.479 e. The van der Waals surface area contributed by atoms with Crippen LogP contribution >= 0.6 is 11.8 Å². The fourth-order valence-electron chi connectivity index (χ4n) is 2.01. The Morgan fingerprint density at radius 1 is 1.42 bits per heavy atom. The Balaban J connectivity index is 2.05. The van der Waals surface area contributed by atoms with E-state index >= 15 is 0 Å². The van der Waals surface area contributed by atoms with Gasteiger partial charge in [0.2, 0.25) is 5.91 Å². The van der Waals surface area contributed by atoms with Gasteiger partial charge in [-0.05, 0) is 23.8 Å². The Bertz CT molecular complexity index is 500. The van der Waals surface area contributed by atoms with Crippen LogP contribution in [0, 0.1) is 5.82 Å². The molecule has 0 unspecified atom stereocenters. The molecule has 2 N–H and O–H groups in total. The molecule has 1 aliphatic rings. The Morgan fingerprint density at radius 3 is 2.74 bits per heavy atom. The smallest absolute Gasteiger partial charge is 0.330 e. The number of thioether (sulfide) groups is 1. The van der Waals surface area contributed by atoms with E-state index in [1.54, 1.807) is 12.1 Å². The summed E-state index contributed by atoms with van der Waals surface area (Å²) in [7, 11) is 0. The van der Waals surface area contributed by atoms with E-state index in [1.165, 1.54) is 23.9 Å². The van der Waals surface area contributed by atoms with Crippen LogP contribution in [0.25, 0.3) is 0 Å². The highest BCUT2D eigenvalue weighted by molar-refractivity contribution is 7.99. The summed E-state index contributed by atoms with van der Waals surface area (Å²) in [6.45, 7) is 0. The molecule has 0 bridgehead atoms. The molecule has 0 saturated carbocycles. The SMILES string of the molecule is O=C(Cc1ccccc1F)N[C@]1(C(=O)O)CCSC1. The van der Waals surface area contributed by atoms with Crippen LogP contribution < -0.4 is 5.32 Å². The van der Waals surface area contributed by atoms with E-state index in [4.69, 9.17) is 0 Å². The number of amides is 1. The highest BCUT2D eigenvalue weighted by Crippen LogP contribution is 2.28. The third-order valence-corrected chi connectivity index (χ3v) is 4.31. The maximum absolute atomic E-state index is 13.4. The molecule has 1 saturated heterocycles. The van der Waals surface area contributed by atoms with E-state index in [-0.39, 0.29) is 12.0 Å². The zero-order valence-electron chi connectivity index (χ0n) is 10.2. The molecule has 0 aliphatic carbocycles. The molecule has 1 amide bonds. The summed E-state index contributed by atoms with van der Waals surface area (Å²) in [4.78, 5) is 23.2. The number of nitrogens with one attached hydrogen (secondary N) is 1. The van der Waals surface area contributed by atoms with Crippen molar-refractivity contribution in [2.45, 2.75) is 18.4 Å². The summed E-state index contributed by atoms with van der Waals surface area (Å²) in [5, 5.41) is 11.8. The van der Waals surface area contributed by atoms with Gasteiger partial charge in [0.15, 0.2) is 0 Å². The van der Waals surface area contributed by atoms with Crippen LogP contribution in [-0.4, -0.2) is 34.0 Å². The number of aliphatic carboxylic acids is 1. The van der Waals surface area contributed by atoms with Crippen LogP contribution in [-0.2, 0) is 16.0 Å². The van der Waals surface area contributed by atoms with Gasteiger partial charge < -0.3 is 10.4 Å². The lowest BCUT2D eigenvalue weighted by Crippen LogP contribution is -2.55. The van der Waals surface area contributed by atoms with E-state index in [0.717, 1.165) is 0 Å². The van der Waals surface area contributed by atoms with Crippen molar-refractivity contribution in [3.63, 3.8) is 0 Å². The highest BCUT2D eigenvalue weighted by atomic mass is 32.2. The van der Waals surface area contributed by atoms with Crippen LogP contribution in [0.5, 0.6) is 0 Å². The fraction of sp³-hybridized carbons (Fsp3) is 0.385. The fourth-order valence-corrected chi connectivity index (χ4v) is 3.34. The second-order valence-electron chi connectivity index (χ2n) is 4.51. The predicted octanol–water partition coefficient (Wildman–Crippen LogP) is 1.44. The molecule has 1 atom stereocenters. The van der Waals surface area contributed by atoms with E-state index in [2.05, 4.69) is 5.32 Å². The van der Waals surface area contributed by atoms with Crippen molar-refractivity contribution in [1.82, 2.24) is 5.32 Å². The summed E-state index contributed by atoms with van der Waals surface area (Å²) < 4.78 is 13.4. The first-order valence-electron chi connectivity index (χ1n) is 5.89. The van der Waals surface area contributed by atoms with Crippen molar-refractivity contribution in [2.75, 3.05) is 11.5 Å². The molecule has 6 heteroatoms. The molecular formula is C13H14FNO3S. The van der Waals surface area contributed by atoms with Gasteiger partial charge in [0.25, 0.3) is 0 Å². The Morgan fingerprint density at radius 2 is 2.16 bits per heavy atom. The minimum absolute atomic E-state index is 0.146. The summed E-state index contributed by atoms with van der Waals surface area (Å²) >= 11 is 1.49. The van der Waals surface area contributed by atoms with Gasteiger partial charge in [-0.3, -0.25) is 4.79 Å². The first-order chi connectivity index (χ1) is 9.03. The van der Waals surface area contributed by atoms with E-state index in [1.807, 2.05) is 0 Å². The number of hydrogen-bond acceptors (Lipinski definition) is 3. The van der Waals surface area contributed by atoms with Crippen molar-refractivity contribution in [1.29, 1.82) is 0 Å². The normalized spacial score (nSPS) is 22.2. The van der Waals surface area contributed by atoms with Crippen LogP contribution in [0.4, 0.5) is 4.39 Å². The average molecular weight is 283 g/mol. The maximum Gasteiger partial charge on any atom is 0.330 e. The number of hydrogen-bond donors (Lipinski definition) is 2. The minimum atomic E-state index is -1.20. The number of halogens is 1. The number of carbonyl (C=O) groups is 2. The summed E-state index contributed by atoms with van der Waals surface area (Å²) in [5.74, 6) is -0.894. The van der Waals surface area contributed by atoms with Crippen LogP contribution in [0.2, 0.25) is 0 Å². The standard InChI is InChI=1S/C13H14FNO3S/c14-10-4-2-1-3-9(10)7-11(16)15-13(12(17)18)5-6-19-8-13/h1-4H,5-8H2,(H,15,16)(H,17,18)/t13-/m1/s1. The molecule has 19 heavy (non-hydrogen) atoms. The average Bonchev–Trinajstić information content (AvgIpc) is 2.82. The topological polar surface area (TPSA) is 66.4 Å². The minimum Gasteiger partial charge on any atom is -0.479 e. The maximum atomic E-state index is 13.4. The quantitative estimate of drug-likeness (QED) is 0.877. The van der Waals surface area contributed by atoms with Gasteiger partial charge in [0.1, 0.15) is 11.4 Å². The first-order valence-corrected chi connectivity index (χ1v) is 7.04. The summed E-state index contributed by atoms with van der Waals surface area (Å²) in [6.07, 6.45) is 0.252. The van der Waals surface area contributed by atoms with E-state index in [9.17, 15) is 19.1 Å². The second kappa shape index (κ2) is 5.61. The lowest BCUT2D eigenvalue weighted by Gasteiger charge is -2.24. The lowest BCUT2D eigenvalue weighted by atomic mass is 9.98. The van der Waals surface area contributed by atoms with Crippen LogP contribution in [0.15, 0.2) is 24.3 Å². The number of carboxylic acid groups (broad SMARTS) is 1. The Hall–Kier alpha value is -1.56. The van der Waals surface area contributed by atoms with E-state index < -0.39 is 23.2 Å². The molecular weight excluding hydrogens is 269 g/mol. The van der Waals surface area contributed by atoms with Gasteiger partial charge >= 0.3 is 5.97 Å². The molecule has 0 aromatic heterocycles. The summed E-state index contributed by atoms with van der Waals surface area (Å²) in [6, 6.07) is 5.99. The molecule has 1 aliphatic heterocycles. The molecule has 102 valence electrons. The van der Waals surface area contributed by atoms with Gasteiger partial charge in [0.05, 0.1) is 6.42 Å². The molecule has 4 nitrogen and oxygen atoms in total. The van der Waals surface area contributed by atoms with Crippen molar-refractivity contribution >= 4 is 23.6 Å². The first kappa shape index (κ1) is 13.9. The number of carbonyl (C=O) groups excluding carboxylic acids is 1. The van der Waals surface area contributed by atoms with E-state index in [0.29, 0.717) is 17.9 Å². The van der Waals surface area contributed by atoms with Crippen LogP contribution in [0.3, 0.4) is 0 Å². The van der Waals surface area contributed by atoms with Gasteiger partial charge in [-0.25, -0.2) is 9.18 Å². The monoisotopic (exact) mass is 283 g/mol. The third kappa shape index (κ3) is 3.07. The van der Waals surface area contributed by atoms with Gasteiger partial charge in [-0.15, -0.1) is 0 Å². The van der Waals surface area contributed by atoms with Crippen molar-refractivity contribution < 1.29 is 19.1 Å². The molecule has 0 spiro atoms.